The van der Waals surface area contributed by atoms with Gasteiger partial charge in [0.25, 0.3) is 0 Å². The van der Waals surface area contributed by atoms with Crippen LogP contribution in [0.25, 0.3) is 0 Å². The lowest BCUT2D eigenvalue weighted by Crippen LogP contribution is -2.19. The second kappa shape index (κ2) is 7.42. The van der Waals surface area contributed by atoms with Crippen LogP contribution in [0.1, 0.15) is 12.5 Å². The number of ether oxygens (including phenoxy) is 2. The Morgan fingerprint density at radius 1 is 1.30 bits per heavy atom. The van der Waals surface area contributed by atoms with Gasteiger partial charge >= 0.3 is 12.1 Å². The first-order chi connectivity index (χ1) is 9.31. The Kier molecular flexibility index (Phi) is 6.19. The van der Waals surface area contributed by atoms with E-state index >= 15 is 0 Å². The fourth-order valence-electron chi connectivity index (χ4n) is 1.30. The van der Waals surface area contributed by atoms with E-state index in [0.29, 0.717) is 5.75 Å². The molecule has 0 saturated carbocycles. The van der Waals surface area contributed by atoms with E-state index in [2.05, 4.69) is 9.47 Å². The zero-order valence-electron chi connectivity index (χ0n) is 11.1. The van der Waals surface area contributed by atoms with Crippen molar-refractivity contribution in [2.45, 2.75) is 24.1 Å². The summed E-state index contributed by atoms with van der Waals surface area (Å²) >= 11 is 1.39. The Morgan fingerprint density at radius 3 is 2.40 bits per heavy atom. The molecule has 0 aliphatic carbocycles. The van der Waals surface area contributed by atoms with Crippen LogP contribution >= 0.6 is 11.8 Å². The molecule has 7 heteroatoms. The van der Waals surface area contributed by atoms with Gasteiger partial charge in [-0.2, -0.15) is 13.2 Å². The predicted molar refractivity (Wildman–Crippen MR) is 70.8 cm³/mol. The van der Waals surface area contributed by atoms with Crippen molar-refractivity contribution in [2.24, 2.45) is 0 Å². The highest BCUT2D eigenvalue weighted by Crippen LogP contribution is 2.22. The van der Waals surface area contributed by atoms with Crippen LogP contribution in [-0.2, 0) is 15.3 Å². The molecule has 0 amide bonds. The molecule has 112 valence electrons. The fraction of sp³-hybridized carbons (Fsp3) is 0.462. The minimum Gasteiger partial charge on any atom is -0.484 e. The molecular weight excluding hydrogens is 293 g/mol. The molecule has 20 heavy (non-hydrogen) atoms. The molecule has 0 spiro atoms. The lowest BCUT2D eigenvalue weighted by atomic mass is 10.2. The summed E-state index contributed by atoms with van der Waals surface area (Å²) in [5, 5.41) is -0.291. The van der Waals surface area contributed by atoms with Crippen molar-refractivity contribution in [3.05, 3.63) is 29.8 Å². The molecule has 0 aliphatic heterocycles. The van der Waals surface area contributed by atoms with Crippen LogP contribution in [0.4, 0.5) is 13.2 Å². The Balaban J connectivity index is 2.44. The highest BCUT2D eigenvalue weighted by Gasteiger charge is 2.28. The van der Waals surface area contributed by atoms with E-state index < -0.39 is 12.8 Å². The van der Waals surface area contributed by atoms with Crippen molar-refractivity contribution in [1.29, 1.82) is 0 Å². The molecule has 3 nitrogen and oxygen atoms in total. The number of thioether (sulfide) groups is 1. The van der Waals surface area contributed by atoms with Gasteiger partial charge in [-0.25, -0.2) is 0 Å². The monoisotopic (exact) mass is 308 g/mol. The molecule has 1 rings (SSSR count). The van der Waals surface area contributed by atoms with Crippen LogP contribution in [0.3, 0.4) is 0 Å². The maximum absolute atomic E-state index is 12.0. The van der Waals surface area contributed by atoms with Gasteiger partial charge in [0.2, 0.25) is 0 Å². The molecule has 0 aromatic heterocycles. The van der Waals surface area contributed by atoms with E-state index in [-0.39, 0.29) is 17.0 Å². The van der Waals surface area contributed by atoms with Gasteiger partial charge < -0.3 is 9.47 Å². The van der Waals surface area contributed by atoms with E-state index in [1.165, 1.54) is 31.0 Å². The van der Waals surface area contributed by atoms with Gasteiger partial charge in [0.15, 0.2) is 6.61 Å². The van der Waals surface area contributed by atoms with Crippen molar-refractivity contribution in [1.82, 2.24) is 0 Å². The van der Waals surface area contributed by atoms with Crippen molar-refractivity contribution in [3.63, 3.8) is 0 Å². The number of carbonyl (C=O) groups excluding carboxylic acids is 1. The third-order valence-electron chi connectivity index (χ3n) is 2.36. The number of hydrogen-bond acceptors (Lipinski definition) is 4. The topological polar surface area (TPSA) is 35.5 Å². The summed E-state index contributed by atoms with van der Waals surface area (Å²) in [4.78, 5) is 11.2. The van der Waals surface area contributed by atoms with E-state index in [4.69, 9.17) is 0 Å². The largest absolute Gasteiger partial charge is 0.484 e. The molecule has 0 heterocycles. The van der Waals surface area contributed by atoms with Gasteiger partial charge in [-0.15, -0.1) is 11.8 Å². The predicted octanol–water partition coefficient (Wildman–Crippen LogP) is 3.42. The molecule has 1 unspecified atom stereocenters. The second-order valence-electron chi connectivity index (χ2n) is 4.02. The maximum atomic E-state index is 12.0. The van der Waals surface area contributed by atoms with Crippen molar-refractivity contribution in [3.8, 4) is 5.75 Å². The molecular formula is C13H15F3O3S. The summed E-state index contributed by atoms with van der Waals surface area (Å²) in [6.07, 6.45) is -4.34. The van der Waals surface area contributed by atoms with Crippen LogP contribution in [0.15, 0.2) is 24.3 Å². The number of methoxy groups -OCH3 is 1. The molecule has 1 atom stereocenters. The Bertz CT molecular complexity index is 431. The van der Waals surface area contributed by atoms with Crippen molar-refractivity contribution >= 4 is 17.7 Å². The smallest absolute Gasteiger partial charge is 0.422 e. The van der Waals surface area contributed by atoms with Crippen LogP contribution < -0.4 is 4.74 Å². The number of halogens is 3. The molecule has 0 N–H and O–H groups in total. The first-order valence-electron chi connectivity index (χ1n) is 5.80. The third kappa shape index (κ3) is 6.18. The minimum absolute atomic E-state index is 0.164. The van der Waals surface area contributed by atoms with Crippen molar-refractivity contribution in [2.75, 3.05) is 13.7 Å². The van der Waals surface area contributed by atoms with Crippen LogP contribution in [0, 0.1) is 0 Å². The first kappa shape index (κ1) is 16.7. The SMILES string of the molecule is COC(=O)C(C)SCc1ccc(OCC(F)(F)F)cc1. The molecule has 0 saturated heterocycles. The quantitative estimate of drug-likeness (QED) is 0.754. The summed E-state index contributed by atoms with van der Waals surface area (Å²) < 4.78 is 45.1. The average molecular weight is 308 g/mol. The number of carbonyl (C=O) groups is 1. The summed E-state index contributed by atoms with van der Waals surface area (Å²) in [5.74, 6) is 0.424. The lowest BCUT2D eigenvalue weighted by molar-refractivity contribution is -0.153. The Hall–Kier alpha value is -1.37. The van der Waals surface area contributed by atoms with E-state index in [1.54, 1.807) is 19.1 Å². The zero-order valence-corrected chi connectivity index (χ0v) is 11.9. The van der Waals surface area contributed by atoms with Crippen molar-refractivity contribution < 1.29 is 27.4 Å². The van der Waals surface area contributed by atoms with Gasteiger partial charge in [0.1, 0.15) is 5.75 Å². The van der Waals surface area contributed by atoms with Gasteiger partial charge in [0, 0.05) is 5.75 Å². The highest BCUT2D eigenvalue weighted by atomic mass is 32.2. The summed E-state index contributed by atoms with van der Waals surface area (Å²) in [7, 11) is 1.33. The fourth-order valence-corrected chi connectivity index (χ4v) is 2.17. The molecule has 1 aromatic carbocycles. The number of benzene rings is 1. The molecule has 1 aromatic rings. The average Bonchev–Trinajstić information content (AvgIpc) is 2.41. The first-order valence-corrected chi connectivity index (χ1v) is 6.84. The Labute approximate surface area is 119 Å². The number of hydrogen-bond donors (Lipinski definition) is 0. The van der Waals surface area contributed by atoms with E-state index in [1.807, 2.05) is 0 Å². The lowest BCUT2D eigenvalue weighted by Gasteiger charge is -2.10. The summed E-state index contributed by atoms with van der Waals surface area (Å²) in [5.41, 5.74) is 0.894. The number of alkyl halides is 3. The molecule has 0 bridgehead atoms. The highest BCUT2D eigenvalue weighted by molar-refractivity contribution is 7.99. The normalized spacial score (nSPS) is 12.8. The number of rotatable bonds is 6. The maximum Gasteiger partial charge on any atom is 0.422 e. The van der Waals surface area contributed by atoms with E-state index in [0.717, 1.165) is 5.56 Å². The van der Waals surface area contributed by atoms with Gasteiger partial charge in [0.05, 0.1) is 12.4 Å². The van der Waals surface area contributed by atoms with Gasteiger partial charge in [-0.1, -0.05) is 12.1 Å². The van der Waals surface area contributed by atoms with Crippen LogP contribution in [0.5, 0.6) is 5.75 Å². The standard InChI is InChI=1S/C13H15F3O3S/c1-9(12(17)18-2)20-7-10-3-5-11(6-4-10)19-8-13(14,15)16/h3-6,9H,7-8H2,1-2H3. The zero-order chi connectivity index (χ0) is 15.2. The third-order valence-corrected chi connectivity index (χ3v) is 3.55. The summed E-state index contributed by atoms with van der Waals surface area (Å²) in [6.45, 7) is 0.428. The second-order valence-corrected chi connectivity index (χ2v) is 5.35. The summed E-state index contributed by atoms with van der Waals surface area (Å²) in [6, 6.07) is 6.29. The van der Waals surface area contributed by atoms with Crippen LogP contribution in [-0.4, -0.2) is 31.1 Å². The van der Waals surface area contributed by atoms with E-state index in [9.17, 15) is 18.0 Å². The molecule has 0 radical (unpaired) electrons. The number of esters is 1. The molecule has 0 aliphatic rings. The Morgan fingerprint density at radius 2 is 1.90 bits per heavy atom. The minimum atomic E-state index is -4.34. The van der Waals surface area contributed by atoms with Gasteiger partial charge in [-0.05, 0) is 24.6 Å². The molecule has 0 fully saturated rings. The van der Waals surface area contributed by atoms with Gasteiger partial charge in [-0.3, -0.25) is 4.79 Å². The van der Waals surface area contributed by atoms with Crippen LogP contribution in [0.2, 0.25) is 0 Å².